The molecule has 7 heteroatoms. The Morgan fingerprint density at radius 3 is 2.14 bits per heavy atom. The van der Waals surface area contributed by atoms with Gasteiger partial charge in [-0.25, -0.2) is 13.2 Å². The molecule has 28 heavy (non-hydrogen) atoms. The van der Waals surface area contributed by atoms with Crippen molar-refractivity contribution in [2.24, 2.45) is 0 Å². The molecule has 0 unspecified atom stereocenters. The Labute approximate surface area is 163 Å². The summed E-state index contributed by atoms with van der Waals surface area (Å²) in [7, 11) is -3.95. The van der Waals surface area contributed by atoms with E-state index in [0.717, 1.165) is 0 Å². The zero-order valence-corrected chi connectivity index (χ0v) is 16.2. The lowest BCUT2D eigenvalue weighted by Gasteiger charge is -2.13. The molecule has 0 fully saturated rings. The first kappa shape index (κ1) is 19.4. The van der Waals surface area contributed by atoms with E-state index in [2.05, 4.69) is 4.72 Å². The number of benzene rings is 3. The maximum atomic E-state index is 12.8. The smallest absolute Gasteiger partial charge is 0.335 e. The minimum absolute atomic E-state index is 0.0606. The molecule has 0 atom stereocenters. The Bertz CT molecular complexity index is 1110. The van der Waals surface area contributed by atoms with Crippen LogP contribution < -0.4 is 9.46 Å². The number of para-hydroxylation sites is 1. The average molecular weight is 397 g/mol. The van der Waals surface area contributed by atoms with E-state index < -0.39 is 16.0 Å². The third kappa shape index (κ3) is 4.32. The van der Waals surface area contributed by atoms with Crippen molar-refractivity contribution in [3.63, 3.8) is 0 Å². The summed E-state index contributed by atoms with van der Waals surface area (Å²) in [5.74, 6) is 0.0587. The molecule has 0 aliphatic heterocycles. The van der Waals surface area contributed by atoms with Gasteiger partial charge in [-0.05, 0) is 73.5 Å². The molecule has 0 bridgehead atoms. The summed E-state index contributed by atoms with van der Waals surface area (Å²) in [4.78, 5) is 11.2. The van der Waals surface area contributed by atoms with E-state index in [9.17, 15) is 18.3 Å². The van der Waals surface area contributed by atoms with Crippen molar-refractivity contribution in [1.29, 1.82) is 0 Å². The molecule has 2 N–H and O–H groups in total. The molecular weight excluding hydrogens is 378 g/mol. The van der Waals surface area contributed by atoms with Crippen LogP contribution in [-0.4, -0.2) is 19.5 Å². The summed E-state index contributed by atoms with van der Waals surface area (Å²) in [5.41, 5.74) is 1.36. The number of carbonyl (C=O) groups is 1. The lowest BCUT2D eigenvalue weighted by Crippen LogP contribution is -2.16. The number of rotatable bonds is 6. The number of hydrogen-bond acceptors (Lipinski definition) is 4. The Kier molecular flexibility index (Phi) is 5.37. The molecule has 0 spiro atoms. The topological polar surface area (TPSA) is 92.7 Å². The predicted molar refractivity (Wildman–Crippen MR) is 107 cm³/mol. The third-order valence-corrected chi connectivity index (χ3v) is 5.75. The van der Waals surface area contributed by atoms with Gasteiger partial charge < -0.3 is 9.84 Å². The van der Waals surface area contributed by atoms with E-state index in [-0.39, 0.29) is 10.5 Å². The minimum Gasteiger partial charge on any atom is -0.478 e. The van der Waals surface area contributed by atoms with Gasteiger partial charge in [-0.3, -0.25) is 4.72 Å². The van der Waals surface area contributed by atoms with E-state index in [4.69, 9.17) is 4.74 Å². The van der Waals surface area contributed by atoms with Crippen molar-refractivity contribution >= 4 is 21.7 Å². The second-order valence-corrected chi connectivity index (χ2v) is 7.92. The largest absolute Gasteiger partial charge is 0.478 e. The van der Waals surface area contributed by atoms with E-state index in [1.165, 1.54) is 12.1 Å². The van der Waals surface area contributed by atoms with E-state index >= 15 is 0 Å². The van der Waals surface area contributed by atoms with Gasteiger partial charge in [0.15, 0.2) is 0 Å². The van der Waals surface area contributed by atoms with E-state index in [1.54, 1.807) is 38.1 Å². The number of aromatic carboxylic acids is 1. The first-order chi connectivity index (χ1) is 13.3. The van der Waals surface area contributed by atoms with E-state index in [0.29, 0.717) is 28.3 Å². The van der Waals surface area contributed by atoms with Gasteiger partial charge in [0.1, 0.15) is 11.5 Å². The SMILES string of the molecule is Cc1cc(C(=O)O)cc(S(=O)(=O)Nc2ccc(Oc3ccccc3)cc2)c1C. The standard InChI is InChI=1S/C21H19NO5S/c1-14-12-16(21(23)24)13-20(15(14)2)28(25,26)22-17-8-10-19(11-9-17)27-18-6-4-3-5-7-18/h3-13,22H,1-2H3,(H,23,24). The quantitative estimate of drug-likeness (QED) is 0.634. The molecule has 3 aromatic rings. The molecule has 0 radical (unpaired) electrons. The molecule has 0 amide bonds. The van der Waals surface area contributed by atoms with Crippen molar-refractivity contribution < 1.29 is 23.1 Å². The second kappa shape index (κ2) is 7.74. The molecule has 0 saturated heterocycles. The molecule has 3 aromatic carbocycles. The van der Waals surface area contributed by atoms with Gasteiger partial charge in [-0.1, -0.05) is 18.2 Å². The number of ether oxygens (including phenoxy) is 1. The van der Waals surface area contributed by atoms with Crippen LogP contribution in [0.2, 0.25) is 0 Å². The Morgan fingerprint density at radius 2 is 1.54 bits per heavy atom. The Balaban J connectivity index is 1.84. The van der Waals surface area contributed by atoms with Gasteiger partial charge in [0.05, 0.1) is 10.5 Å². The number of nitrogens with one attached hydrogen (secondary N) is 1. The Hall–Kier alpha value is -3.32. The minimum atomic E-state index is -3.95. The van der Waals surface area contributed by atoms with Crippen LogP contribution in [-0.2, 0) is 10.0 Å². The molecular formula is C21H19NO5S. The van der Waals surface area contributed by atoms with Crippen LogP contribution in [0.25, 0.3) is 0 Å². The number of carboxylic acids is 1. The molecule has 0 heterocycles. The van der Waals surface area contributed by atoms with Gasteiger partial charge in [0, 0.05) is 5.69 Å². The van der Waals surface area contributed by atoms with Gasteiger partial charge in [-0.15, -0.1) is 0 Å². The molecule has 0 saturated carbocycles. The van der Waals surface area contributed by atoms with Gasteiger partial charge >= 0.3 is 5.97 Å². The number of hydrogen-bond donors (Lipinski definition) is 2. The van der Waals surface area contributed by atoms with Crippen LogP contribution in [0.1, 0.15) is 21.5 Å². The summed E-state index contributed by atoms with van der Waals surface area (Å²) in [5, 5.41) is 9.20. The zero-order chi connectivity index (χ0) is 20.3. The molecule has 0 aromatic heterocycles. The molecule has 6 nitrogen and oxygen atoms in total. The zero-order valence-electron chi connectivity index (χ0n) is 15.3. The summed E-state index contributed by atoms with van der Waals surface area (Å²) < 4.78 is 33.7. The normalized spacial score (nSPS) is 11.1. The molecule has 0 aliphatic rings. The van der Waals surface area contributed by atoms with E-state index in [1.807, 2.05) is 30.3 Å². The highest BCUT2D eigenvalue weighted by molar-refractivity contribution is 7.92. The first-order valence-electron chi connectivity index (χ1n) is 8.46. The highest BCUT2D eigenvalue weighted by Crippen LogP contribution is 2.26. The molecule has 3 rings (SSSR count). The summed E-state index contributed by atoms with van der Waals surface area (Å²) in [6, 6.07) is 18.3. The number of sulfonamides is 1. The van der Waals surface area contributed by atoms with Crippen LogP contribution in [0.15, 0.2) is 71.6 Å². The number of carboxylic acid groups (broad SMARTS) is 1. The fourth-order valence-electron chi connectivity index (χ4n) is 2.66. The molecule has 0 aliphatic carbocycles. The maximum Gasteiger partial charge on any atom is 0.335 e. The fraction of sp³-hybridized carbons (Fsp3) is 0.0952. The predicted octanol–water partition coefficient (Wildman–Crippen LogP) is 4.59. The van der Waals surface area contributed by atoms with Crippen LogP contribution in [0.3, 0.4) is 0 Å². The van der Waals surface area contributed by atoms with Crippen molar-refractivity contribution in [2.75, 3.05) is 4.72 Å². The summed E-state index contributed by atoms with van der Waals surface area (Å²) >= 11 is 0. The Morgan fingerprint density at radius 1 is 0.929 bits per heavy atom. The summed E-state index contributed by atoms with van der Waals surface area (Å²) in [6.07, 6.45) is 0. The van der Waals surface area contributed by atoms with Crippen molar-refractivity contribution in [3.05, 3.63) is 83.4 Å². The van der Waals surface area contributed by atoms with Crippen molar-refractivity contribution in [3.8, 4) is 11.5 Å². The lowest BCUT2D eigenvalue weighted by molar-refractivity contribution is 0.0696. The van der Waals surface area contributed by atoms with Gasteiger partial charge in [-0.2, -0.15) is 0 Å². The maximum absolute atomic E-state index is 12.8. The second-order valence-electron chi connectivity index (χ2n) is 6.27. The average Bonchev–Trinajstić information content (AvgIpc) is 2.65. The lowest BCUT2D eigenvalue weighted by atomic mass is 10.1. The fourth-order valence-corrected chi connectivity index (χ4v) is 4.06. The highest BCUT2D eigenvalue weighted by Gasteiger charge is 2.21. The monoisotopic (exact) mass is 397 g/mol. The van der Waals surface area contributed by atoms with Crippen LogP contribution in [0.4, 0.5) is 5.69 Å². The summed E-state index contributed by atoms with van der Waals surface area (Å²) in [6.45, 7) is 3.32. The number of anilines is 1. The first-order valence-corrected chi connectivity index (χ1v) is 9.95. The third-order valence-electron chi connectivity index (χ3n) is 4.24. The van der Waals surface area contributed by atoms with Crippen molar-refractivity contribution in [2.45, 2.75) is 18.7 Å². The van der Waals surface area contributed by atoms with Crippen molar-refractivity contribution in [1.82, 2.24) is 0 Å². The molecule has 144 valence electrons. The highest BCUT2D eigenvalue weighted by atomic mass is 32.2. The van der Waals surface area contributed by atoms with Crippen LogP contribution in [0, 0.1) is 13.8 Å². The van der Waals surface area contributed by atoms with Crippen LogP contribution in [0.5, 0.6) is 11.5 Å². The van der Waals surface area contributed by atoms with Gasteiger partial charge in [0.25, 0.3) is 10.0 Å². The van der Waals surface area contributed by atoms with Crippen LogP contribution >= 0.6 is 0 Å². The number of aryl methyl sites for hydroxylation is 1. The van der Waals surface area contributed by atoms with Gasteiger partial charge in [0.2, 0.25) is 0 Å².